The number of halogens is 4. The van der Waals surface area contributed by atoms with Crippen molar-refractivity contribution in [2.24, 2.45) is 0 Å². The van der Waals surface area contributed by atoms with Crippen LogP contribution in [0.1, 0.15) is 18.9 Å². The Hall–Kier alpha value is -3.56. The summed E-state index contributed by atoms with van der Waals surface area (Å²) >= 11 is 0. The van der Waals surface area contributed by atoms with E-state index in [2.05, 4.69) is 4.98 Å². The van der Waals surface area contributed by atoms with Crippen LogP contribution in [0.2, 0.25) is 0 Å². The Morgan fingerprint density at radius 1 is 1.03 bits per heavy atom. The first kappa shape index (κ1) is 21.7. The van der Waals surface area contributed by atoms with E-state index in [-0.39, 0.29) is 29.8 Å². The van der Waals surface area contributed by atoms with Gasteiger partial charge in [-0.2, -0.15) is 4.98 Å². The van der Waals surface area contributed by atoms with E-state index in [4.69, 9.17) is 9.47 Å². The third-order valence-electron chi connectivity index (χ3n) is 5.31. The summed E-state index contributed by atoms with van der Waals surface area (Å²) in [5, 5.41) is 0. The molecule has 0 spiro atoms. The van der Waals surface area contributed by atoms with Crippen molar-refractivity contribution in [1.82, 2.24) is 9.55 Å². The first-order valence-electron chi connectivity index (χ1n) is 9.81. The number of hydrogen-bond donors (Lipinski definition) is 0. The van der Waals surface area contributed by atoms with E-state index < -0.39 is 34.7 Å². The Morgan fingerprint density at radius 2 is 1.75 bits per heavy atom. The largest absolute Gasteiger partial charge is 0.473 e. The fourth-order valence-corrected chi connectivity index (χ4v) is 3.39. The average molecular weight is 449 g/mol. The first-order valence-corrected chi connectivity index (χ1v) is 9.81. The second-order valence-electron chi connectivity index (χ2n) is 7.49. The molecule has 3 aromatic rings. The number of ether oxygens (including phenoxy) is 2. The van der Waals surface area contributed by atoms with Crippen LogP contribution in [0.4, 0.5) is 23.4 Å². The molecule has 2 aromatic carbocycles. The standard InChI is InChI=1S/C22H19F4N3O3/c1-12-5-6-29-20(28(12)2)10-19(27-22(29)30)31-11-13-7-17(25)21(18(26)8-13)32-14-3-4-15(23)16(24)9-14/h3-4,7-10,12H,5-6,11H2,1-2H3. The van der Waals surface area contributed by atoms with Crippen molar-refractivity contribution in [2.75, 3.05) is 11.9 Å². The van der Waals surface area contributed by atoms with Gasteiger partial charge in [-0.1, -0.05) is 0 Å². The molecule has 6 nitrogen and oxygen atoms in total. The first-order chi connectivity index (χ1) is 15.2. The molecule has 1 unspecified atom stereocenters. The minimum atomic E-state index is -1.21. The predicted molar refractivity (Wildman–Crippen MR) is 108 cm³/mol. The minimum absolute atomic E-state index is 0.0325. The van der Waals surface area contributed by atoms with Gasteiger partial charge in [-0.3, -0.25) is 4.57 Å². The average Bonchev–Trinajstić information content (AvgIpc) is 2.74. The fourth-order valence-electron chi connectivity index (χ4n) is 3.39. The van der Waals surface area contributed by atoms with Crippen LogP contribution in [-0.4, -0.2) is 22.6 Å². The van der Waals surface area contributed by atoms with Gasteiger partial charge in [0.1, 0.15) is 18.2 Å². The summed E-state index contributed by atoms with van der Waals surface area (Å²) in [6.45, 7) is 2.32. The SMILES string of the molecule is CC1CCn2c(cc(OCc3cc(F)c(Oc4ccc(F)c(F)c4)c(F)c3)nc2=O)N1C. The maximum Gasteiger partial charge on any atom is 0.352 e. The Morgan fingerprint density at radius 3 is 2.44 bits per heavy atom. The topological polar surface area (TPSA) is 56.6 Å². The van der Waals surface area contributed by atoms with Gasteiger partial charge < -0.3 is 14.4 Å². The highest BCUT2D eigenvalue weighted by Gasteiger charge is 2.22. The highest BCUT2D eigenvalue weighted by Crippen LogP contribution is 2.30. The lowest BCUT2D eigenvalue weighted by Gasteiger charge is -2.34. The molecule has 168 valence electrons. The molecule has 0 bridgehead atoms. The van der Waals surface area contributed by atoms with E-state index in [1.54, 1.807) is 6.07 Å². The van der Waals surface area contributed by atoms with Crippen LogP contribution in [0, 0.1) is 23.3 Å². The number of benzene rings is 2. The molecule has 32 heavy (non-hydrogen) atoms. The summed E-state index contributed by atoms with van der Waals surface area (Å²) < 4.78 is 67.2. The van der Waals surface area contributed by atoms with Gasteiger partial charge in [-0.15, -0.1) is 0 Å². The van der Waals surface area contributed by atoms with Gasteiger partial charge in [0.25, 0.3) is 0 Å². The van der Waals surface area contributed by atoms with E-state index in [9.17, 15) is 22.4 Å². The van der Waals surface area contributed by atoms with Crippen LogP contribution in [0.3, 0.4) is 0 Å². The second-order valence-corrected chi connectivity index (χ2v) is 7.49. The third kappa shape index (κ3) is 4.25. The molecule has 0 amide bonds. The number of fused-ring (bicyclic) bond motifs is 1. The Bertz CT molecular complexity index is 1210. The normalized spacial score (nSPS) is 15.4. The zero-order valence-electron chi connectivity index (χ0n) is 17.2. The molecule has 2 heterocycles. The van der Waals surface area contributed by atoms with Crippen molar-refractivity contribution in [3.05, 3.63) is 75.7 Å². The number of hydrogen-bond acceptors (Lipinski definition) is 5. The second kappa shape index (κ2) is 8.52. The van der Waals surface area contributed by atoms with Gasteiger partial charge in [0.2, 0.25) is 5.88 Å². The molecule has 1 aliphatic heterocycles. The lowest BCUT2D eigenvalue weighted by atomic mass is 10.1. The quantitative estimate of drug-likeness (QED) is 0.541. The van der Waals surface area contributed by atoms with E-state index in [1.807, 2.05) is 18.9 Å². The Labute approximate surface area is 180 Å². The smallest absolute Gasteiger partial charge is 0.352 e. The van der Waals surface area contributed by atoms with Crippen molar-refractivity contribution in [1.29, 1.82) is 0 Å². The summed E-state index contributed by atoms with van der Waals surface area (Å²) in [7, 11) is 1.86. The monoisotopic (exact) mass is 449 g/mol. The Kier molecular flexibility index (Phi) is 5.77. The molecule has 1 atom stereocenters. The summed E-state index contributed by atoms with van der Waals surface area (Å²) in [5.41, 5.74) is -0.345. The number of aromatic nitrogens is 2. The lowest BCUT2D eigenvalue weighted by Crippen LogP contribution is -2.41. The number of anilines is 1. The van der Waals surface area contributed by atoms with Crippen LogP contribution in [0.25, 0.3) is 0 Å². The molecule has 0 radical (unpaired) electrons. The highest BCUT2D eigenvalue weighted by atomic mass is 19.2. The highest BCUT2D eigenvalue weighted by molar-refractivity contribution is 5.44. The molecule has 1 aliphatic rings. The lowest BCUT2D eigenvalue weighted by molar-refractivity contribution is 0.287. The molecule has 0 saturated carbocycles. The number of rotatable bonds is 5. The number of nitrogens with zero attached hydrogens (tertiary/aromatic N) is 3. The van der Waals surface area contributed by atoms with Crippen LogP contribution in [0.15, 0.2) is 41.2 Å². The van der Waals surface area contributed by atoms with E-state index in [0.29, 0.717) is 18.4 Å². The fraction of sp³-hybridized carbons (Fsp3) is 0.273. The van der Waals surface area contributed by atoms with E-state index in [1.165, 1.54) is 4.57 Å². The van der Waals surface area contributed by atoms with Crippen LogP contribution in [-0.2, 0) is 13.2 Å². The summed E-state index contributed by atoms with van der Waals surface area (Å²) in [4.78, 5) is 18.1. The molecule has 4 rings (SSSR count). The van der Waals surface area contributed by atoms with Gasteiger partial charge in [0.05, 0.1) is 0 Å². The Balaban J connectivity index is 1.52. The van der Waals surface area contributed by atoms with Crippen LogP contribution in [0.5, 0.6) is 17.4 Å². The van der Waals surface area contributed by atoms with Gasteiger partial charge in [-0.05, 0) is 43.2 Å². The van der Waals surface area contributed by atoms with Gasteiger partial charge >= 0.3 is 5.69 Å². The van der Waals surface area contributed by atoms with E-state index in [0.717, 1.165) is 30.7 Å². The molecule has 0 N–H and O–H groups in total. The molecular weight excluding hydrogens is 430 g/mol. The maximum atomic E-state index is 14.4. The molecular formula is C22H19F4N3O3. The van der Waals surface area contributed by atoms with Crippen molar-refractivity contribution >= 4 is 5.82 Å². The predicted octanol–water partition coefficient (Wildman–Crippen LogP) is 4.40. The zero-order chi connectivity index (χ0) is 23.0. The van der Waals surface area contributed by atoms with Gasteiger partial charge in [-0.25, -0.2) is 22.4 Å². The van der Waals surface area contributed by atoms with Crippen molar-refractivity contribution in [2.45, 2.75) is 32.5 Å². The summed E-state index contributed by atoms with van der Waals surface area (Å²) in [5.74, 6) is -4.77. The van der Waals surface area contributed by atoms with Crippen molar-refractivity contribution in [3.63, 3.8) is 0 Å². The maximum absolute atomic E-state index is 14.4. The zero-order valence-corrected chi connectivity index (χ0v) is 17.2. The molecule has 0 saturated heterocycles. The van der Waals surface area contributed by atoms with Gasteiger partial charge in [0.15, 0.2) is 29.0 Å². The van der Waals surface area contributed by atoms with Crippen LogP contribution < -0.4 is 20.1 Å². The molecule has 0 aliphatic carbocycles. The van der Waals surface area contributed by atoms with Crippen molar-refractivity contribution in [3.8, 4) is 17.4 Å². The van der Waals surface area contributed by atoms with Crippen LogP contribution >= 0.6 is 0 Å². The van der Waals surface area contributed by atoms with Crippen molar-refractivity contribution < 1.29 is 27.0 Å². The summed E-state index contributed by atoms with van der Waals surface area (Å²) in [6, 6.07) is 6.32. The molecule has 1 aromatic heterocycles. The van der Waals surface area contributed by atoms with E-state index >= 15 is 0 Å². The third-order valence-corrected chi connectivity index (χ3v) is 5.31. The minimum Gasteiger partial charge on any atom is -0.473 e. The summed E-state index contributed by atoms with van der Waals surface area (Å²) in [6.07, 6.45) is 0.808. The molecule has 10 heteroatoms. The molecule has 0 fully saturated rings. The van der Waals surface area contributed by atoms with Gasteiger partial charge in [0, 0.05) is 31.8 Å².